The third-order valence-corrected chi connectivity index (χ3v) is 2.82. The molecule has 19 heavy (non-hydrogen) atoms. The molecule has 0 bridgehead atoms. The van der Waals surface area contributed by atoms with Crippen molar-refractivity contribution in [1.82, 2.24) is 0 Å². The minimum atomic E-state index is -0.324. The molecule has 5 heteroatoms. The van der Waals surface area contributed by atoms with E-state index in [1.807, 2.05) is 6.07 Å². The molecule has 0 atom stereocenters. The quantitative estimate of drug-likeness (QED) is 0.824. The van der Waals surface area contributed by atoms with E-state index in [9.17, 15) is 4.79 Å². The van der Waals surface area contributed by atoms with Gasteiger partial charge >= 0.3 is 0 Å². The minimum Gasteiger partial charge on any atom is -0.399 e. The minimum absolute atomic E-state index is 0.297. The number of carbonyl (C=O) groups is 1. The second kappa shape index (κ2) is 5.42. The molecule has 2 aromatic carbocycles. The largest absolute Gasteiger partial charge is 0.399 e. The SMILES string of the molecule is N#Cc1ccc(NC(=O)c2ccc(N)cc2Cl)cc1. The van der Waals surface area contributed by atoms with Gasteiger partial charge in [-0.3, -0.25) is 4.79 Å². The van der Waals surface area contributed by atoms with Crippen LogP contribution in [-0.4, -0.2) is 5.91 Å². The fourth-order valence-electron chi connectivity index (χ4n) is 1.54. The lowest BCUT2D eigenvalue weighted by molar-refractivity contribution is 0.102. The maximum absolute atomic E-state index is 12.0. The highest BCUT2D eigenvalue weighted by molar-refractivity contribution is 6.34. The fraction of sp³-hybridized carbons (Fsp3) is 0. The molecular formula is C14H10ClN3O. The van der Waals surface area contributed by atoms with Crippen molar-refractivity contribution in [3.05, 3.63) is 58.6 Å². The van der Waals surface area contributed by atoms with E-state index in [0.717, 1.165) is 0 Å². The fourth-order valence-corrected chi connectivity index (χ4v) is 1.82. The lowest BCUT2D eigenvalue weighted by atomic mass is 10.1. The number of rotatable bonds is 2. The molecule has 94 valence electrons. The Balaban J connectivity index is 2.18. The van der Waals surface area contributed by atoms with Crippen molar-refractivity contribution < 1.29 is 4.79 Å². The topological polar surface area (TPSA) is 78.9 Å². The predicted octanol–water partition coefficient (Wildman–Crippen LogP) is 3.05. The summed E-state index contributed by atoms with van der Waals surface area (Å²) in [7, 11) is 0. The molecule has 0 saturated heterocycles. The highest BCUT2D eigenvalue weighted by Gasteiger charge is 2.10. The molecule has 0 unspecified atom stereocenters. The highest BCUT2D eigenvalue weighted by atomic mass is 35.5. The number of carbonyl (C=O) groups excluding carboxylic acids is 1. The highest BCUT2D eigenvalue weighted by Crippen LogP contribution is 2.20. The average Bonchev–Trinajstić information content (AvgIpc) is 2.39. The summed E-state index contributed by atoms with van der Waals surface area (Å²) in [5.74, 6) is -0.324. The van der Waals surface area contributed by atoms with E-state index in [0.29, 0.717) is 27.5 Å². The van der Waals surface area contributed by atoms with Gasteiger partial charge in [-0.05, 0) is 42.5 Å². The van der Waals surface area contributed by atoms with Crippen LogP contribution in [0.5, 0.6) is 0 Å². The molecule has 0 heterocycles. The number of nitrogens with zero attached hydrogens (tertiary/aromatic N) is 1. The van der Waals surface area contributed by atoms with E-state index in [2.05, 4.69) is 5.32 Å². The number of amides is 1. The summed E-state index contributed by atoms with van der Waals surface area (Å²) >= 11 is 5.95. The molecule has 0 fully saturated rings. The van der Waals surface area contributed by atoms with Crippen molar-refractivity contribution in [2.75, 3.05) is 11.1 Å². The summed E-state index contributed by atoms with van der Waals surface area (Å²) in [6.45, 7) is 0. The van der Waals surface area contributed by atoms with E-state index >= 15 is 0 Å². The van der Waals surface area contributed by atoms with Gasteiger partial charge in [-0.2, -0.15) is 5.26 Å². The molecule has 0 aromatic heterocycles. The first-order chi connectivity index (χ1) is 9.10. The van der Waals surface area contributed by atoms with Gasteiger partial charge in [-0.15, -0.1) is 0 Å². The molecule has 0 aliphatic carbocycles. The Morgan fingerprint density at radius 3 is 2.47 bits per heavy atom. The Morgan fingerprint density at radius 1 is 1.21 bits per heavy atom. The number of anilines is 2. The molecule has 0 saturated carbocycles. The predicted molar refractivity (Wildman–Crippen MR) is 75.0 cm³/mol. The van der Waals surface area contributed by atoms with Crippen molar-refractivity contribution in [3.63, 3.8) is 0 Å². The van der Waals surface area contributed by atoms with Crippen LogP contribution in [0, 0.1) is 11.3 Å². The maximum atomic E-state index is 12.0. The van der Waals surface area contributed by atoms with Crippen LogP contribution < -0.4 is 11.1 Å². The molecule has 2 aromatic rings. The summed E-state index contributed by atoms with van der Waals surface area (Å²) in [4.78, 5) is 12.0. The van der Waals surface area contributed by atoms with Gasteiger partial charge in [-0.25, -0.2) is 0 Å². The number of nitriles is 1. The number of hydrogen-bond acceptors (Lipinski definition) is 3. The van der Waals surface area contributed by atoms with E-state index in [4.69, 9.17) is 22.6 Å². The molecule has 2 rings (SSSR count). The Kier molecular flexibility index (Phi) is 3.69. The van der Waals surface area contributed by atoms with Crippen LogP contribution in [0.25, 0.3) is 0 Å². The van der Waals surface area contributed by atoms with Gasteiger partial charge < -0.3 is 11.1 Å². The zero-order chi connectivity index (χ0) is 13.8. The third-order valence-electron chi connectivity index (χ3n) is 2.51. The Morgan fingerprint density at radius 2 is 1.89 bits per heavy atom. The monoisotopic (exact) mass is 271 g/mol. The lowest BCUT2D eigenvalue weighted by Gasteiger charge is -2.07. The summed E-state index contributed by atoms with van der Waals surface area (Å²) in [5.41, 5.74) is 7.54. The van der Waals surface area contributed by atoms with Crippen LogP contribution in [0.15, 0.2) is 42.5 Å². The smallest absolute Gasteiger partial charge is 0.257 e. The van der Waals surface area contributed by atoms with Crippen molar-refractivity contribution >= 4 is 28.9 Å². The number of nitrogens with one attached hydrogen (secondary N) is 1. The van der Waals surface area contributed by atoms with Gasteiger partial charge in [0, 0.05) is 11.4 Å². The van der Waals surface area contributed by atoms with Crippen molar-refractivity contribution in [2.24, 2.45) is 0 Å². The maximum Gasteiger partial charge on any atom is 0.257 e. The van der Waals surface area contributed by atoms with Crippen LogP contribution in [0.1, 0.15) is 15.9 Å². The summed E-state index contributed by atoms with van der Waals surface area (Å²) in [6.07, 6.45) is 0. The van der Waals surface area contributed by atoms with Crippen LogP contribution in [0.3, 0.4) is 0 Å². The zero-order valence-electron chi connectivity index (χ0n) is 9.85. The van der Waals surface area contributed by atoms with Crippen molar-refractivity contribution in [1.29, 1.82) is 5.26 Å². The number of hydrogen-bond donors (Lipinski definition) is 2. The summed E-state index contributed by atoms with van der Waals surface area (Å²) in [5, 5.41) is 11.7. The Hall–Kier alpha value is -2.51. The second-order valence-electron chi connectivity index (χ2n) is 3.88. The third kappa shape index (κ3) is 3.03. The normalized spacial score (nSPS) is 9.68. The standard InChI is InChI=1S/C14H10ClN3O/c15-13-7-10(17)3-6-12(13)14(19)18-11-4-1-9(8-16)2-5-11/h1-7H,17H2,(H,18,19). The first-order valence-corrected chi connectivity index (χ1v) is 5.84. The molecule has 0 aliphatic heterocycles. The molecule has 0 spiro atoms. The van der Waals surface area contributed by atoms with Crippen LogP contribution >= 0.6 is 11.6 Å². The zero-order valence-corrected chi connectivity index (χ0v) is 10.6. The second-order valence-corrected chi connectivity index (χ2v) is 4.29. The van der Waals surface area contributed by atoms with Gasteiger partial charge in [0.15, 0.2) is 0 Å². The number of nitrogen functional groups attached to an aromatic ring is 1. The number of benzene rings is 2. The Bertz CT molecular complexity index is 659. The number of halogens is 1. The van der Waals surface area contributed by atoms with Gasteiger partial charge in [0.2, 0.25) is 0 Å². The van der Waals surface area contributed by atoms with E-state index < -0.39 is 0 Å². The van der Waals surface area contributed by atoms with Gasteiger partial charge in [0.1, 0.15) is 0 Å². The van der Waals surface area contributed by atoms with E-state index in [-0.39, 0.29) is 5.91 Å². The summed E-state index contributed by atoms with van der Waals surface area (Å²) in [6, 6.07) is 13.3. The Labute approximate surface area is 115 Å². The van der Waals surface area contributed by atoms with E-state index in [1.54, 1.807) is 36.4 Å². The van der Waals surface area contributed by atoms with Gasteiger partial charge in [0.05, 0.1) is 22.2 Å². The van der Waals surface area contributed by atoms with Crippen LogP contribution in [-0.2, 0) is 0 Å². The average molecular weight is 272 g/mol. The van der Waals surface area contributed by atoms with Crippen LogP contribution in [0.4, 0.5) is 11.4 Å². The summed E-state index contributed by atoms with van der Waals surface area (Å²) < 4.78 is 0. The van der Waals surface area contributed by atoms with Crippen molar-refractivity contribution in [2.45, 2.75) is 0 Å². The first kappa shape index (κ1) is 12.9. The first-order valence-electron chi connectivity index (χ1n) is 5.46. The van der Waals surface area contributed by atoms with Crippen LogP contribution in [0.2, 0.25) is 5.02 Å². The molecule has 4 nitrogen and oxygen atoms in total. The van der Waals surface area contributed by atoms with Gasteiger partial charge in [0.25, 0.3) is 5.91 Å². The molecular weight excluding hydrogens is 262 g/mol. The van der Waals surface area contributed by atoms with Gasteiger partial charge in [-0.1, -0.05) is 11.6 Å². The van der Waals surface area contributed by atoms with E-state index in [1.165, 1.54) is 6.07 Å². The molecule has 1 amide bonds. The lowest BCUT2D eigenvalue weighted by Crippen LogP contribution is -2.12. The van der Waals surface area contributed by atoms with Crippen molar-refractivity contribution in [3.8, 4) is 6.07 Å². The molecule has 0 aliphatic rings. The number of nitrogens with two attached hydrogens (primary N) is 1. The molecule has 3 N–H and O–H groups in total. The molecule has 0 radical (unpaired) electrons.